The van der Waals surface area contributed by atoms with Crippen LogP contribution in [-0.2, 0) is 4.79 Å². The van der Waals surface area contributed by atoms with Gasteiger partial charge in [0.25, 0.3) is 5.91 Å². The highest BCUT2D eigenvalue weighted by Crippen LogP contribution is 2.22. The van der Waals surface area contributed by atoms with Crippen LogP contribution in [0.4, 0.5) is 5.69 Å². The third-order valence-electron chi connectivity index (χ3n) is 3.10. The van der Waals surface area contributed by atoms with Crippen molar-refractivity contribution in [3.63, 3.8) is 0 Å². The minimum absolute atomic E-state index is 0.00560. The van der Waals surface area contributed by atoms with E-state index in [1.807, 2.05) is 6.07 Å². The van der Waals surface area contributed by atoms with Crippen LogP contribution in [0, 0.1) is 0 Å². The van der Waals surface area contributed by atoms with E-state index in [4.69, 9.17) is 0 Å². The Hall–Kier alpha value is -2.87. The van der Waals surface area contributed by atoms with Crippen molar-refractivity contribution >= 4 is 39.1 Å². The Bertz CT molecular complexity index is 836. The molecule has 8 heteroatoms. The molecule has 4 N–H and O–H groups in total. The van der Waals surface area contributed by atoms with E-state index in [-0.39, 0.29) is 29.4 Å². The highest BCUT2D eigenvalue weighted by Gasteiger charge is 2.11. The number of carbonyl (C=O) groups is 2. The van der Waals surface area contributed by atoms with Gasteiger partial charge in [0.1, 0.15) is 11.5 Å². The van der Waals surface area contributed by atoms with E-state index >= 15 is 0 Å². The summed E-state index contributed by atoms with van der Waals surface area (Å²) in [6, 6.07) is 10.8. The van der Waals surface area contributed by atoms with Crippen LogP contribution in [0.15, 0.2) is 52.0 Å². The zero-order valence-corrected chi connectivity index (χ0v) is 14.9. The van der Waals surface area contributed by atoms with Crippen LogP contribution < -0.4 is 10.7 Å². The van der Waals surface area contributed by atoms with E-state index in [2.05, 4.69) is 31.8 Å². The lowest BCUT2D eigenvalue weighted by Crippen LogP contribution is -2.21. The van der Waals surface area contributed by atoms with Crippen LogP contribution in [0.1, 0.15) is 23.7 Å². The molecule has 0 saturated heterocycles. The molecule has 0 unspecified atom stereocenters. The van der Waals surface area contributed by atoms with Crippen molar-refractivity contribution in [3.05, 3.63) is 52.5 Å². The lowest BCUT2D eigenvalue weighted by atomic mass is 10.2. The molecule has 2 amide bonds. The number of amides is 2. The van der Waals surface area contributed by atoms with E-state index in [1.165, 1.54) is 12.1 Å². The summed E-state index contributed by atoms with van der Waals surface area (Å²) in [4.78, 5) is 23.9. The first-order valence-electron chi connectivity index (χ1n) is 7.26. The molecule has 0 spiro atoms. The fourth-order valence-electron chi connectivity index (χ4n) is 1.96. The van der Waals surface area contributed by atoms with Gasteiger partial charge in [-0.1, -0.05) is 22.0 Å². The third kappa shape index (κ3) is 5.61. The number of aromatic hydroxyl groups is 2. The maximum absolute atomic E-state index is 12.0. The normalized spacial score (nSPS) is 11.0. The Morgan fingerprint density at radius 2 is 1.92 bits per heavy atom. The number of nitrogens with zero attached hydrogens (tertiary/aromatic N) is 1. The SMILES string of the molecule is C/C(CC(=O)Nc1cccc(Br)c1)=N\NC(=O)c1ccc(O)cc1O. The summed E-state index contributed by atoms with van der Waals surface area (Å²) < 4.78 is 0.844. The third-order valence-corrected chi connectivity index (χ3v) is 3.59. The highest BCUT2D eigenvalue weighted by atomic mass is 79.9. The summed E-state index contributed by atoms with van der Waals surface area (Å²) in [6.07, 6.45) is -0.00560. The molecule has 0 radical (unpaired) electrons. The molecule has 0 fully saturated rings. The Morgan fingerprint density at radius 3 is 2.60 bits per heavy atom. The largest absolute Gasteiger partial charge is 0.508 e. The van der Waals surface area contributed by atoms with Gasteiger partial charge < -0.3 is 15.5 Å². The van der Waals surface area contributed by atoms with Crippen LogP contribution in [0.5, 0.6) is 11.5 Å². The zero-order chi connectivity index (χ0) is 18.4. The molecular weight excluding hydrogens is 390 g/mol. The average molecular weight is 406 g/mol. The number of halogens is 1. The van der Waals surface area contributed by atoms with Crippen LogP contribution in [-0.4, -0.2) is 27.7 Å². The van der Waals surface area contributed by atoms with Crippen LogP contribution in [0.3, 0.4) is 0 Å². The second-order valence-corrected chi connectivity index (χ2v) is 6.14. The minimum atomic E-state index is -0.649. The molecule has 2 aromatic carbocycles. The van der Waals surface area contributed by atoms with E-state index in [1.54, 1.807) is 25.1 Å². The number of hydrazone groups is 1. The van der Waals surface area contributed by atoms with Gasteiger partial charge in [0, 0.05) is 21.9 Å². The second kappa shape index (κ2) is 8.29. The summed E-state index contributed by atoms with van der Waals surface area (Å²) in [6.45, 7) is 1.59. The van der Waals surface area contributed by atoms with Crippen molar-refractivity contribution in [3.8, 4) is 11.5 Å². The van der Waals surface area contributed by atoms with E-state index in [0.717, 1.165) is 10.5 Å². The van der Waals surface area contributed by atoms with Crippen molar-refractivity contribution in [1.82, 2.24) is 5.43 Å². The van der Waals surface area contributed by atoms with Crippen molar-refractivity contribution in [1.29, 1.82) is 0 Å². The van der Waals surface area contributed by atoms with Gasteiger partial charge in [0.15, 0.2) is 0 Å². The number of phenols is 2. The molecule has 0 saturated carbocycles. The molecule has 0 bridgehead atoms. The zero-order valence-electron chi connectivity index (χ0n) is 13.3. The maximum Gasteiger partial charge on any atom is 0.275 e. The molecule has 2 rings (SSSR count). The van der Waals surface area contributed by atoms with E-state index in [9.17, 15) is 19.8 Å². The number of hydrogen-bond donors (Lipinski definition) is 4. The van der Waals surface area contributed by atoms with Gasteiger partial charge in [-0.05, 0) is 37.3 Å². The molecule has 2 aromatic rings. The number of carbonyl (C=O) groups excluding carboxylic acids is 2. The van der Waals surface area contributed by atoms with Gasteiger partial charge in [-0.15, -0.1) is 0 Å². The predicted octanol–water partition coefficient (Wildman–Crippen LogP) is 2.99. The quantitative estimate of drug-likeness (QED) is 0.452. The fourth-order valence-corrected chi connectivity index (χ4v) is 2.36. The van der Waals surface area contributed by atoms with Crippen molar-refractivity contribution in [2.24, 2.45) is 5.10 Å². The molecule has 130 valence electrons. The first-order valence-corrected chi connectivity index (χ1v) is 8.05. The highest BCUT2D eigenvalue weighted by molar-refractivity contribution is 9.10. The van der Waals surface area contributed by atoms with Crippen molar-refractivity contribution in [2.75, 3.05) is 5.32 Å². The van der Waals surface area contributed by atoms with Crippen molar-refractivity contribution < 1.29 is 19.8 Å². The minimum Gasteiger partial charge on any atom is -0.508 e. The molecule has 0 aliphatic carbocycles. The smallest absolute Gasteiger partial charge is 0.275 e. The lowest BCUT2D eigenvalue weighted by molar-refractivity contribution is -0.115. The number of anilines is 1. The summed E-state index contributed by atoms with van der Waals surface area (Å²) in [7, 11) is 0. The lowest BCUT2D eigenvalue weighted by Gasteiger charge is -2.06. The Balaban J connectivity index is 1.92. The van der Waals surface area contributed by atoms with E-state index in [0.29, 0.717) is 11.4 Å². The average Bonchev–Trinajstić information content (AvgIpc) is 2.52. The molecule has 0 heterocycles. The molecular formula is C17H16BrN3O4. The topological polar surface area (TPSA) is 111 Å². The van der Waals surface area contributed by atoms with Gasteiger partial charge in [-0.2, -0.15) is 5.10 Å². The monoisotopic (exact) mass is 405 g/mol. The fraction of sp³-hybridized carbons (Fsp3) is 0.118. The standard InChI is InChI=1S/C17H16BrN3O4/c1-10(7-16(24)19-12-4-2-3-11(18)8-12)20-21-17(25)14-6-5-13(22)9-15(14)23/h2-6,8-9,22-23H,7H2,1H3,(H,19,24)(H,21,25)/b20-10+. The van der Waals surface area contributed by atoms with Gasteiger partial charge in [-0.25, -0.2) is 5.43 Å². The second-order valence-electron chi connectivity index (χ2n) is 5.22. The summed E-state index contributed by atoms with van der Waals surface area (Å²) in [5.41, 5.74) is 3.25. The Morgan fingerprint density at radius 1 is 1.16 bits per heavy atom. The molecule has 0 aliphatic heterocycles. The molecule has 7 nitrogen and oxygen atoms in total. The Kier molecular flexibility index (Phi) is 6.13. The van der Waals surface area contributed by atoms with Gasteiger partial charge in [-0.3, -0.25) is 9.59 Å². The van der Waals surface area contributed by atoms with Gasteiger partial charge in [0.05, 0.1) is 12.0 Å². The maximum atomic E-state index is 12.0. The summed E-state index contributed by atoms with van der Waals surface area (Å²) in [5, 5.41) is 25.4. The van der Waals surface area contributed by atoms with Crippen molar-refractivity contribution in [2.45, 2.75) is 13.3 Å². The van der Waals surface area contributed by atoms with Crippen LogP contribution in [0.25, 0.3) is 0 Å². The number of rotatable bonds is 5. The number of nitrogens with one attached hydrogen (secondary N) is 2. The molecule has 25 heavy (non-hydrogen) atoms. The van der Waals surface area contributed by atoms with Crippen LogP contribution in [0.2, 0.25) is 0 Å². The summed E-state index contributed by atoms with van der Waals surface area (Å²) in [5.74, 6) is -1.44. The molecule has 0 aromatic heterocycles. The molecule has 0 aliphatic rings. The first kappa shape index (κ1) is 18.5. The van der Waals surface area contributed by atoms with Gasteiger partial charge >= 0.3 is 0 Å². The number of benzene rings is 2. The summed E-state index contributed by atoms with van der Waals surface area (Å²) >= 11 is 3.32. The predicted molar refractivity (Wildman–Crippen MR) is 97.7 cm³/mol. The van der Waals surface area contributed by atoms with Crippen LogP contribution >= 0.6 is 15.9 Å². The Labute approximate surface area is 152 Å². The van der Waals surface area contributed by atoms with E-state index < -0.39 is 5.91 Å². The number of phenolic OH excluding ortho intramolecular Hbond substituents is 2. The van der Waals surface area contributed by atoms with Gasteiger partial charge in [0.2, 0.25) is 5.91 Å². The first-order chi connectivity index (χ1) is 11.8. The molecule has 0 atom stereocenters. The number of hydrogen-bond acceptors (Lipinski definition) is 5.